The van der Waals surface area contributed by atoms with E-state index in [-0.39, 0.29) is 5.91 Å². The van der Waals surface area contributed by atoms with Crippen LogP contribution in [0.15, 0.2) is 71.8 Å². The molecule has 3 nitrogen and oxygen atoms in total. The molecule has 1 aliphatic rings. The van der Waals surface area contributed by atoms with Crippen LogP contribution in [0.5, 0.6) is 0 Å². The van der Waals surface area contributed by atoms with E-state index in [9.17, 15) is 4.79 Å². The Kier molecular flexibility index (Phi) is 6.30. The lowest BCUT2D eigenvalue weighted by Crippen LogP contribution is -2.27. The summed E-state index contributed by atoms with van der Waals surface area (Å²) in [6, 6.07) is 19.6. The highest BCUT2D eigenvalue weighted by molar-refractivity contribution is 8.27. The van der Waals surface area contributed by atoms with Crippen LogP contribution in [0.1, 0.15) is 22.3 Å². The van der Waals surface area contributed by atoms with Gasteiger partial charge in [0, 0.05) is 39.3 Å². The van der Waals surface area contributed by atoms with Crippen LogP contribution in [0.2, 0.25) is 10.0 Å². The Labute approximate surface area is 218 Å². The fourth-order valence-corrected chi connectivity index (χ4v) is 5.81. The molecule has 0 N–H and O–H groups in total. The van der Waals surface area contributed by atoms with Gasteiger partial charge in [0.25, 0.3) is 5.91 Å². The van der Waals surface area contributed by atoms with E-state index in [1.54, 1.807) is 11.0 Å². The smallest absolute Gasteiger partial charge is 0.270 e. The van der Waals surface area contributed by atoms with Crippen LogP contribution >= 0.6 is 47.2 Å². The van der Waals surface area contributed by atoms with E-state index in [1.807, 2.05) is 55.5 Å². The topological polar surface area (TPSA) is 25.2 Å². The Bertz CT molecular complexity index is 1510. The first-order valence-electron chi connectivity index (χ1n) is 10.7. The Morgan fingerprint density at radius 2 is 1.79 bits per heavy atom. The molecule has 1 saturated heterocycles. The van der Waals surface area contributed by atoms with Crippen LogP contribution in [0.4, 0.5) is 5.69 Å². The summed E-state index contributed by atoms with van der Waals surface area (Å²) in [5.74, 6) is -0.101. The Hall–Kier alpha value is -2.57. The number of aromatic nitrogens is 1. The molecule has 2 heterocycles. The maximum absolute atomic E-state index is 13.3. The highest BCUT2D eigenvalue weighted by atomic mass is 35.5. The molecule has 7 heteroatoms. The molecule has 0 spiro atoms. The maximum Gasteiger partial charge on any atom is 0.270 e. The summed E-state index contributed by atoms with van der Waals surface area (Å²) in [4.78, 5) is 15.6. The number of hydrogen-bond acceptors (Lipinski definition) is 3. The molecular weight excluding hydrogens is 503 g/mol. The second kappa shape index (κ2) is 9.23. The molecule has 1 amide bonds. The minimum atomic E-state index is -0.101. The number of thiocarbonyl (C=S) groups is 1. The number of amides is 1. The zero-order valence-corrected chi connectivity index (χ0v) is 21.7. The molecule has 0 unspecified atom stereocenters. The number of nitrogens with zero attached hydrogens (tertiary/aromatic N) is 2. The molecule has 4 aromatic rings. The highest BCUT2D eigenvalue weighted by Crippen LogP contribution is 2.38. The van der Waals surface area contributed by atoms with Crippen LogP contribution in [0.25, 0.3) is 17.0 Å². The fraction of sp³-hybridized carbons (Fsp3) is 0.111. The highest BCUT2D eigenvalue weighted by Gasteiger charge is 2.33. The van der Waals surface area contributed by atoms with Gasteiger partial charge in [-0.05, 0) is 66.9 Å². The number of rotatable bonds is 4. The van der Waals surface area contributed by atoms with Crippen LogP contribution in [-0.4, -0.2) is 14.8 Å². The second-order valence-corrected chi connectivity index (χ2v) is 10.8. The molecule has 170 valence electrons. The molecule has 3 aromatic carbocycles. The van der Waals surface area contributed by atoms with E-state index in [4.69, 9.17) is 35.4 Å². The van der Waals surface area contributed by atoms with E-state index in [2.05, 4.69) is 29.8 Å². The Balaban J connectivity index is 1.52. The van der Waals surface area contributed by atoms with Gasteiger partial charge in [0.2, 0.25) is 0 Å². The SMILES string of the molecule is Cc1ccc(N2C(=O)C(=Cc3cn(Cc4ccc(Cl)cc4Cl)c4ccccc34)SC2=S)cc1C. The number of carbonyl (C=O) groups is 1. The Morgan fingerprint density at radius 1 is 1.00 bits per heavy atom. The van der Waals surface area contributed by atoms with Crippen LogP contribution < -0.4 is 4.90 Å². The van der Waals surface area contributed by atoms with E-state index >= 15 is 0 Å². The van der Waals surface area contributed by atoms with E-state index in [0.29, 0.717) is 25.8 Å². The van der Waals surface area contributed by atoms with Gasteiger partial charge in [0.05, 0.1) is 10.6 Å². The summed E-state index contributed by atoms with van der Waals surface area (Å²) >= 11 is 19.4. The largest absolute Gasteiger partial charge is 0.342 e. The molecule has 0 atom stereocenters. The minimum absolute atomic E-state index is 0.101. The second-order valence-electron chi connectivity index (χ2n) is 8.25. The van der Waals surface area contributed by atoms with Gasteiger partial charge in [-0.3, -0.25) is 9.69 Å². The fourth-order valence-electron chi connectivity index (χ4n) is 4.05. The molecule has 0 bridgehead atoms. The van der Waals surface area contributed by atoms with Crippen molar-refractivity contribution in [2.45, 2.75) is 20.4 Å². The maximum atomic E-state index is 13.3. The quantitative estimate of drug-likeness (QED) is 0.200. The standard InChI is InChI=1S/C27H20Cl2N2OS2/c1-16-7-10-21(11-17(16)2)31-26(32)25(34-27(31)33)12-19-15-30(24-6-4-3-5-22(19)24)14-18-8-9-20(28)13-23(18)29/h3-13,15H,14H2,1-2H3. The van der Waals surface area contributed by atoms with Gasteiger partial charge in [0.15, 0.2) is 4.32 Å². The molecule has 0 radical (unpaired) electrons. The number of fused-ring (bicyclic) bond motifs is 1. The first-order chi connectivity index (χ1) is 16.3. The zero-order chi connectivity index (χ0) is 24.0. The number of aryl methyl sites for hydroxylation is 2. The number of carbonyl (C=O) groups excluding carboxylic acids is 1. The molecule has 1 fully saturated rings. The van der Waals surface area contributed by atoms with Gasteiger partial charge in [-0.15, -0.1) is 0 Å². The summed E-state index contributed by atoms with van der Waals surface area (Å²) in [6.07, 6.45) is 3.99. The van der Waals surface area contributed by atoms with Gasteiger partial charge in [-0.1, -0.05) is 77.5 Å². The number of thioether (sulfide) groups is 1. The predicted octanol–water partition coefficient (Wildman–Crippen LogP) is 8.02. The minimum Gasteiger partial charge on any atom is -0.342 e. The number of halogens is 2. The molecular formula is C27H20Cl2N2OS2. The van der Waals surface area contributed by atoms with Gasteiger partial charge in [0.1, 0.15) is 0 Å². The summed E-state index contributed by atoms with van der Waals surface area (Å²) in [5.41, 5.74) is 6.09. The lowest BCUT2D eigenvalue weighted by molar-refractivity contribution is -0.113. The summed E-state index contributed by atoms with van der Waals surface area (Å²) < 4.78 is 2.68. The van der Waals surface area contributed by atoms with Crippen molar-refractivity contribution < 1.29 is 4.79 Å². The molecule has 1 aliphatic heterocycles. The summed E-state index contributed by atoms with van der Waals surface area (Å²) in [7, 11) is 0. The van der Waals surface area contributed by atoms with Gasteiger partial charge < -0.3 is 4.57 Å². The van der Waals surface area contributed by atoms with Crippen molar-refractivity contribution in [3.63, 3.8) is 0 Å². The van der Waals surface area contributed by atoms with Crippen molar-refractivity contribution >= 4 is 80.1 Å². The van der Waals surface area contributed by atoms with Crippen LogP contribution in [-0.2, 0) is 11.3 Å². The third-order valence-electron chi connectivity index (χ3n) is 6.00. The van der Waals surface area contributed by atoms with Crippen LogP contribution in [0, 0.1) is 13.8 Å². The van der Waals surface area contributed by atoms with E-state index in [1.165, 1.54) is 17.3 Å². The first-order valence-corrected chi connectivity index (χ1v) is 12.7. The number of anilines is 1. The average molecular weight is 524 g/mol. The lowest BCUT2D eigenvalue weighted by Gasteiger charge is -2.15. The number of hydrogen-bond donors (Lipinski definition) is 0. The Morgan fingerprint density at radius 3 is 2.56 bits per heavy atom. The van der Waals surface area contributed by atoms with Gasteiger partial charge in [-0.2, -0.15) is 0 Å². The molecule has 34 heavy (non-hydrogen) atoms. The molecule has 0 saturated carbocycles. The van der Waals surface area contributed by atoms with Crippen molar-refractivity contribution in [1.82, 2.24) is 4.57 Å². The average Bonchev–Trinajstić information content (AvgIpc) is 3.29. The van der Waals surface area contributed by atoms with E-state index < -0.39 is 0 Å². The zero-order valence-electron chi connectivity index (χ0n) is 18.5. The van der Waals surface area contributed by atoms with Crippen molar-refractivity contribution in [2.75, 3.05) is 4.90 Å². The first kappa shape index (κ1) is 23.2. The van der Waals surface area contributed by atoms with Crippen molar-refractivity contribution in [2.24, 2.45) is 0 Å². The van der Waals surface area contributed by atoms with Crippen molar-refractivity contribution in [3.05, 3.63) is 104 Å². The normalized spacial score (nSPS) is 15.2. The van der Waals surface area contributed by atoms with Crippen molar-refractivity contribution in [1.29, 1.82) is 0 Å². The molecule has 1 aromatic heterocycles. The monoisotopic (exact) mass is 522 g/mol. The van der Waals surface area contributed by atoms with Crippen LogP contribution in [0.3, 0.4) is 0 Å². The van der Waals surface area contributed by atoms with Crippen molar-refractivity contribution in [3.8, 4) is 0 Å². The summed E-state index contributed by atoms with van der Waals surface area (Å²) in [5, 5.41) is 2.29. The lowest BCUT2D eigenvalue weighted by atomic mass is 10.1. The third-order valence-corrected chi connectivity index (χ3v) is 7.89. The number of para-hydroxylation sites is 1. The number of benzene rings is 3. The third kappa shape index (κ3) is 4.29. The van der Waals surface area contributed by atoms with Gasteiger partial charge >= 0.3 is 0 Å². The summed E-state index contributed by atoms with van der Waals surface area (Å²) in [6.45, 7) is 4.68. The molecule has 0 aliphatic carbocycles. The molecule has 5 rings (SSSR count). The van der Waals surface area contributed by atoms with E-state index in [0.717, 1.165) is 33.3 Å². The predicted molar refractivity (Wildman–Crippen MR) is 149 cm³/mol. The van der Waals surface area contributed by atoms with Gasteiger partial charge in [-0.25, -0.2) is 0 Å².